The van der Waals surface area contributed by atoms with Crippen LogP contribution in [0.5, 0.6) is 0 Å². The highest BCUT2D eigenvalue weighted by Crippen LogP contribution is 2.43. The lowest BCUT2D eigenvalue weighted by molar-refractivity contribution is -0.318. The number of ether oxygens (including phenoxy) is 8. The number of cyclic esters (lactones) is 1. The standard InChI is InChI=1S/C52H79N3O13/c1-15-40-52(11,60)47-30(4)42(54-34(8)56)28(2)24-51(10,63-21-20-36(27-62-47)37-23-35-18-16-17-19-38(35)53-26-37)46(68-49-43(57)39(55(12)13)22-29(3)64-49)31(5)44(32(6)48(59)66-40)67-41-25-50(9,61-14)45(58)33(7)65-41/h16-21,23,26,28-33,36,39-41,43-47,49,57-58,60H,15,22,24-25,27H2,1-14H3/b21-20-,54-42?/t28-,29-,30+,31+,32-,33+,36?,39+,40-,41+,43-,44+,45+,46-,47-,49+,50-,51+,52-/m1/s1. The van der Waals surface area contributed by atoms with Gasteiger partial charge in [0, 0.05) is 61.5 Å². The predicted octanol–water partition coefficient (Wildman–Crippen LogP) is 6.11. The van der Waals surface area contributed by atoms with Gasteiger partial charge < -0.3 is 58.1 Å². The van der Waals surface area contributed by atoms with Crippen LogP contribution in [0.2, 0.25) is 0 Å². The lowest BCUT2D eigenvalue weighted by Crippen LogP contribution is -2.61. The van der Waals surface area contributed by atoms with Crippen LogP contribution in [-0.4, -0.2) is 155 Å². The summed E-state index contributed by atoms with van der Waals surface area (Å²) >= 11 is 0. The largest absolute Gasteiger partial charge is 0.493 e. The molecule has 16 nitrogen and oxygen atoms in total. The Morgan fingerprint density at radius 1 is 1.00 bits per heavy atom. The highest BCUT2D eigenvalue weighted by molar-refractivity contribution is 5.97. The maximum absolute atomic E-state index is 14.9. The quantitative estimate of drug-likeness (QED) is 0.256. The van der Waals surface area contributed by atoms with E-state index in [9.17, 15) is 24.9 Å². The number of carbonyl (C=O) groups is 2. The number of carbonyl (C=O) groups excluding carboxylic acids is 2. The van der Waals surface area contributed by atoms with E-state index in [2.05, 4.69) is 4.99 Å². The fraction of sp³-hybridized carbons (Fsp3) is 0.731. The third-order valence-corrected chi connectivity index (χ3v) is 15.2. The summed E-state index contributed by atoms with van der Waals surface area (Å²) in [6.45, 7) is 19.7. The third kappa shape index (κ3) is 11.5. The Labute approximate surface area is 403 Å². The molecule has 380 valence electrons. The Bertz CT molecular complexity index is 2100. The average Bonchev–Trinajstić information content (AvgIpc) is 3.28. The van der Waals surface area contributed by atoms with E-state index < -0.39 is 114 Å². The fourth-order valence-electron chi connectivity index (χ4n) is 11.3. The third-order valence-electron chi connectivity index (χ3n) is 15.2. The van der Waals surface area contributed by atoms with Crippen molar-refractivity contribution in [2.45, 2.75) is 192 Å². The molecule has 3 fully saturated rings. The van der Waals surface area contributed by atoms with Crippen molar-refractivity contribution in [2.24, 2.45) is 28.7 Å². The first kappa shape index (κ1) is 53.9. The highest BCUT2D eigenvalue weighted by Gasteiger charge is 2.55. The summed E-state index contributed by atoms with van der Waals surface area (Å²) in [5.41, 5.74) is -2.15. The second-order valence-electron chi connectivity index (χ2n) is 20.9. The predicted molar refractivity (Wildman–Crippen MR) is 256 cm³/mol. The van der Waals surface area contributed by atoms with E-state index in [-0.39, 0.29) is 38.0 Å². The molecule has 1 unspecified atom stereocenters. The van der Waals surface area contributed by atoms with Gasteiger partial charge in [-0.05, 0) is 105 Å². The van der Waals surface area contributed by atoms with E-state index >= 15 is 0 Å². The number of fused-ring (bicyclic) bond motifs is 6. The van der Waals surface area contributed by atoms with Crippen molar-refractivity contribution in [3.63, 3.8) is 0 Å². The number of likely N-dealkylation sites (N-methyl/N-ethyl adjacent to an activating group) is 1. The van der Waals surface area contributed by atoms with Crippen molar-refractivity contribution in [1.82, 2.24) is 9.88 Å². The maximum Gasteiger partial charge on any atom is 0.311 e. The maximum atomic E-state index is 14.9. The number of aliphatic hydroxyl groups is 3. The molecule has 2 aromatic rings. The first-order valence-corrected chi connectivity index (χ1v) is 24.5. The molecular weight excluding hydrogens is 875 g/mol. The number of pyridine rings is 1. The van der Waals surface area contributed by atoms with Gasteiger partial charge in [-0.1, -0.05) is 45.9 Å². The van der Waals surface area contributed by atoms with Gasteiger partial charge in [-0.2, -0.15) is 0 Å². The van der Waals surface area contributed by atoms with E-state index in [1.807, 2.05) is 96.9 Å². The van der Waals surface area contributed by atoms with E-state index in [4.69, 9.17) is 42.9 Å². The van der Waals surface area contributed by atoms with Crippen molar-refractivity contribution in [1.29, 1.82) is 0 Å². The molecule has 19 atom stereocenters. The molecule has 4 aliphatic rings. The Morgan fingerprint density at radius 3 is 2.37 bits per heavy atom. The molecule has 0 saturated carbocycles. The van der Waals surface area contributed by atoms with E-state index in [0.29, 0.717) is 12.1 Å². The lowest BCUT2D eigenvalue weighted by Gasteiger charge is -2.50. The first-order valence-electron chi connectivity index (χ1n) is 24.5. The number of hydrogen-bond acceptors (Lipinski definition) is 15. The van der Waals surface area contributed by atoms with Crippen molar-refractivity contribution in [3.05, 3.63) is 54.4 Å². The second kappa shape index (κ2) is 21.9. The van der Waals surface area contributed by atoms with Gasteiger partial charge in [-0.3, -0.25) is 14.6 Å². The van der Waals surface area contributed by atoms with Gasteiger partial charge in [0.15, 0.2) is 12.6 Å². The second-order valence-corrected chi connectivity index (χ2v) is 20.9. The van der Waals surface area contributed by atoms with Gasteiger partial charge in [0.05, 0.1) is 54.3 Å². The highest BCUT2D eigenvalue weighted by atomic mass is 16.7. The Balaban J connectivity index is 1.60. The minimum atomic E-state index is -1.83. The normalized spacial score (nSPS) is 43.4. The molecule has 68 heavy (non-hydrogen) atoms. The summed E-state index contributed by atoms with van der Waals surface area (Å²) in [5, 5.41) is 37.1. The molecule has 2 bridgehead atoms. The Morgan fingerprint density at radius 2 is 1.71 bits per heavy atom. The molecule has 16 heteroatoms. The van der Waals surface area contributed by atoms with Gasteiger partial charge >= 0.3 is 5.97 Å². The molecule has 4 aliphatic heterocycles. The molecule has 0 spiro atoms. The van der Waals surface area contributed by atoms with Crippen LogP contribution in [0.3, 0.4) is 0 Å². The van der Waals surface area contributed by atoms with Gasteiger partial charge in [0.1, 0.15) is 35.6 Å². The zero-order valence-electron chi connectivity index (χ0n) is 42.7. The number of rotatable bonds is 8. The van der Waals surface area contributed by atoms with Crippen LogP contribution in [0.4, 0.5) is 0 Å². The minimum absolute atomic E-state index is 0.0390. The van der Waals surface area contributed by atoms with Gasteiger partial charge in [-0.25, -0.2) is 4.99 Å². The number of nitrogens with zero attached hydrogens (tertiary/aromatic N) is 3. The smallest absolute Gasteiger partial charge is 0.311 e. The number of para-hydroxylation sites is 1. The van der Waals surface area contributed by atoms with Gasteiger partial charge in [-0.15, -0.1) is 0 Å². The zero-order chi connectivity index (χ0) is 50.0. The molecule has 3 saturated heterocycles. The van der Waals surface area contributed by atoms with Crippen LogP contribution in [0, 0.1) is 23.7 Å². The van der Waals surface area contributed by atoms with Crippen LogP contribution in [0.25, 0.3) is 10.9 Å². The Kier molecular flexibility index (Phi) is 17.4. The van der Waals surface area contributed by atoms with E-state index in [0.717, 1.165) is 16.5 Å². The summed E-state index contributed by atoms with van der Waals surface area (Å²) in [5.74, 6) is -4.57. The molecule has 3 N–H and O–H groups in total. The molecular formula is C52H79N3O13. The topological polar surface area (TPSA) is 197 Å². The monoisotopic (exact) mass is 954 g/mol. The summed E-state index contributed by atoms with van der Waals surface area (Å²) in [6.07, 6.45) is -3.03. The van der Waals surface area contributed by atoms with Crippen molar-refractivity contribution in [2.75, 3.05) is 27.8 Å². The molecule has 5 heterocycles. The summed E-state index contributed by atoms with van der Waals surface area (Å²) in [4.78, 5) is 39.5. The number of benzene rings is 1. The summed E-state index contributed by atoms with van der Waals surface area (Å²) in [6, 6.07) is 9.54. The van der Waals surface area contributed by atoms with Crippen molar-refractivity contribution < 1.29 is 62.8 Å². The van der Waals surface area contributed by atoms with E-state index in [1.165, 1.54) is 14.0 Å². The van der Waals surface area contributed by atoms with Crippen LogP contribution in [0.15, 0.2) is 53.9 Å². The molecule has 0 aliphatic carbocycles. The summed E-state index contributed by atoms with van der Waals surface area (Å²) in [7, 11) is 5.33. The molecule has 0 radical (unpaired) electrons. The molecule has 1 aromatic heterocycles. The fourth-order valence-corrected chi connectivity index (χ4v) is 11.3. The van der Waals surface area contributed by atoms with Gasteiger partial charge in [0.25, 0.3) is 0 Å². The minimum Gasteiger partial charge on any atom is -0.493 e. The molecule has 1 amide bonds. The average molecular weight is 954 g/mol. The lowest BCUT2D eigenvalue weighted by atomic mass is 9.73. The zero-order valence-corrected chi connectivity index (χ0v) is 42.7. The number of aliphatic imine (C=N–C) groups is 1. The van der Waals surface area contributed by atoms with E-state index in [1.54, 1.807) is 40.2 Å². The number of methoxy groups -OCH3 is 1. The van der Waals surface area contributed by atoms with Crippen molar-refractivity contribution >= 4 is 28.5 Å². The molecule has 1 aromatic carbocycles. The number of aliphatic hydroxyl groups excluding tert-OH is 2. The van der Waals surface area contributed by atoms with Crippen LogP contribution in [0.1, 0.15) is 113 Å². The first-order chi connectivity index (χ1) is 31.9. The number of aromatic nitrogens is 1. The molecule has 6 rings (SSSR count). The number of amides is 1. The van der Waals surface area contributed by atoms with Crippen LogP contribution in [-0.2, 0) is 47.5 Å². The number of esters is 1. The summed E-state index contributed by atoms with van der Waals surface area (Å²) < 4.78 is 53.2. The van der Waals surface area contributed by atoms with Crippen molar-refractivity contribution in [3.8, 4) is 0 Å². The Hall–Kier alpha value is -3.42. The van der Waals surface area contributed by atoms with Crippen LogP contribution < -0.4 is 0 Å². The SMILES string of the molecule is CC[C@H]1OC(=O)[C@H](C)[C@@H](O[C@H]2C[C@@](C)(OC)[C@@H](O)[C@H](C)O2)[C@H](C)[C@@H](O[C@@H]2O[C@H](C)C[C@H](N(C)C)[C@H]2O)[C@]2(C)C[C@@H](C)C(=NC(C)=O)[C@H](C)[C@@H](OCC(c3cnc4ccccc4c3)/C=C\O2)[C@]1(C)O. The van der Waals surface area contributed by atoms with Crippen LogP contribution >= 0.6 is 0 Å². The van der Waals surface area contributed by atoms with Gasteiger partial charge in [0.2, 0.25) is 5.91 Å². The number of hydrogen-bond donors (Lipinski definition) is 3.